The summed E-state index contributed by atoms with van der Waals surface area (Å²) in [5.41, 5.74) is 5.52. The van der Waals surface area contributed by atoms with Crippen LogP contribution in [0, 0.1) is 11.7 Å². The summed E-state index contributed by atoms with van der Waals surface area (Å²) in [4.78, 5) is 31.9. The molecule has 0 amide bonds. The lowest BCUT2D eigenvalue weighted by Gasteiger charge is -2.16. The van der Waals surface area contributed by atoms with E-state index in [2.05, 4.69) is 9.88 Å². The van der Waals surface area contributed by atoms with Crippen LogP contribution >= 0.6 is 12.2 Å². The highest BCUT2D eigenvalue weighted by molar-refractivity contribution is 7.71. The highest BCUT2D eigenvalue weighted by Crippen LogP contribution is 2.27. The van der Waals surface area contributed by atoms with E-state index >= 15 is 0 Å². The van der Waals surface area contributed by atoms with Crippen molar-refractivity contribution in [2.75, 3.05) is 14.1 Å². The molecule has 0 saturated heterocycles. The van der Waals surface area contributed by atoms with Crippen LogP contribution in [-0.4, -0.2) is 34.3 Å². The molecule has 1 heterocycles. The average Bonchev–Trinajstić information content (AvgIpc) is 2.79. The molecule has 1 aromatic heterocycles. The third kappa shape index (κ3) is 4.58. The number of rotatable bonds is 6. The van der Waals surface area contributed by atoms with E-state index in [1.165, 1.54) is 4.57 Å². The standard InChI is InChI=1S/C27H27N3O2S/c1-17-21(14-18-8-6-5-7-9-18)22(15-23-24(17)26(32)30(4)27(33)28-23)25(31)20-12-10-19(11-13-20)16-29(2)3/h5-13,15H,14,16H2,1-4H3,(H,28,33). The number of ketones is 1. The molecule has 0 saturated carbocycles. The molecule has 0 bridgehead atoms. The number of hydrogen-bond donors (Lipinski definition) is 1. The van der Waals surface area contributed by atoms with E-state index in [1.54, 1.807) is 13.1 Å². The van der Waals surface area contributed by atoms with Crippen molar-refractivity contribution < 1.29 is 4.79 Å². The summed E-state index contributed by atoms with van der Waals surface area (Å²) in [6.07, 6.45) is 0.557. The summed E-state index contributed by atoms with van der Waals surface area (Å²) in [6, 6.07) is 19.5. The van der Waals surface area contributed by atoms with Crippen LogP contribution in [0.3, 0.4) is 0 Å². The zero-order valence-corrected chi connectivity index (χ0v) is 20.1. The SMILES string of the molecule is Cc1c(Cc2ccccc2)c(C(=O)c2ccc(CN(C)C)cc2)cc2[nH]c(=S)n(C)c(=O)c12. The Labute approximate surface area is 198 Å². The molecule has 1 N–H and O–H groups in total. The van der Waals surface area contributed by atoms with Gasteiger partial charge in [0.2, 0.25) is 0 Å². The number of carbonyl (C=O) groups excluding carboxylic acids is 1. The molecule has 0 aliphatic rings. The number of fused-ring (bicyclic) bond motifs is 1. The predicted octanol–water partition coefficient (Wildman–Crippen LogP) is 4.79. The van der Waals surface area contributed by atoms with Gasteiger partial charge in [-0.25, -0.2) is 0 Å². The number of aryl methyl sites for hydroxylation is 1. The van der Waals surface area contributed by atoms with Crippen LogP contribution < -0.4 is 5.56 Å². The van der Waals surface area contributed by atoms with Gasteiger partial charge in [0.1, 0.15) is 0 Å². The van der Waals surface area contributed by atoms with Crippen LogP contribution in [0.1, 0.15) is 38.2 Å². The Morgan fingerprint density at radius 2 is 1.70 bits per heavy atom. The van der Waals surface area contributed by atoms with Crippen molar-refractivity contribution in [1.29, 1.82) is 0 Å². The van der Waals surface area contributed by atoms with E-state index in [9.17, 15) is 9.59 Å². The maximum Gasteiger partial charge on any atom is 0.262 e. The fraction of sp³-hybridized carbons (Fsp3) is 0.222. The second-order valence-electron chi connectivity index (χ2n) is 8.67. The number of carbonyl (C=O) groups is 1. The fourth-order valence-corrected chi connectivity index (χ4v) is 4.40. The highest BCUT2D eigenvalue weighted by atomic mass is 32.1. The number of nitrogens with zero attached hydrogens (tertiary/aromatic N) is 2. The lowest BCUT2D eigenvalue weighted by molar-refractivity contribution is 0.103. The first-order valence-electron chi connectivity index (χ1n) is 10.8. The molecule has 4 rings (SSSR count). The van der Waals surface area contributed by atoms with Gasteiger partial charge >= 0.3 is 0 Å². The number of nitrogens with one attached hydrogen (secondary N) is 1. The summed E-state index contributed by atoms with van der Waals surface area (Å²) >= 11 is 5.32. The summed E-state index contributed by atoms with van der Waals surface area (Å²) in [7, 11) is 5.69. The summed E-state index contributed by atoms with van der Waals surface area (Å²) in [5.74, 6) is -0.0673. The van der Waals surface area contributed by atoms with E-state index < -0.39 is 0 Å². The van der Waals surface area contributed by atoms with Gasteiger partial charge in [0.15, 0.2) is 10.6 Å². The summed E-state index contributed by atoms with van der Waals surface area (Å²) < 4.78 is 1.76. The van der Waals surface area contributed by atoms with Crippen LogP contribution in [0.15, 0.2) is 65.5 Å². The molecule has 0 aliphatic carbocycles. The van der Waals surface area contributed by atoms with Gasteiger partial charge in [0.25, 0.3) is 5.56 Å². The van der Waals surface area contributed by atoms with Gasteiger partial charge in [0, 0.05) is 24.7 Å². The second kappa shape index (κ2) is 9.25. The Bertz CT molecular complexity index is 1450. The summed E-state index contributed by atoms with van der Waals surface area (Å²) in [6.45, 7) is 2.72. The quantitative estimate of drug-likeness (QED) is 0.334. The van der Waals surface area contributed by atoms with Gasteiger partial charge < -0.3 is 9.88 Å². The molecule has 0 atom stereocenters. The third-order valence-corrected chi connectivity index (χ3v) is 6.33. The minimum atomic E-state index is -0.160. The predicted molar refractivity (Wildman–Crippen MR) is 136 cm³/mol. The van der Waals surface area contributed by atoms with Gasteiger partial charge in [-0.15, -0.1) is 0 Å². The van der Waals surface area contributed by atoms with Crippen LogP contribution in [0.5, 0.6) is 0 Å². The third-order valence-electron chi connectivity index (χ3n) is 5.96. The number of benzene rings is 3. The molecular weight excluding hydrogens is 430 g/mol. The van der Waals surface area contributed by atoms with Crippen molar-refractivity contribution in [2.45, 2.75) is 19.9 Å². The molecule has 0 fully saturated rings. The Balaban J connectivity index is 1.91. The molecule has 3 aromatic carbocycles. The Hall–Kier alpha value is -3.35. The van der Waals surface area contributed by atoms with E-state index in [0.29, 0.717) is 33.2 Å². The molecule has 4 aromatic rings. The lowest BCUT2D eigenvalue weighted by Crippen LogP contribution is -2.21. The molecule has 6 heteroatoms. The van der Waals surface area contributed by atoms with Crippen LogP contribution in [0.4, 0.5) is 0 Å². The fourth-order valence-electron chi connectivity index (χ4n) is 4.20. The monoisotopic (exact) mass is 457 g/mol. The van der Waals surface area contributed by atoms with Crippen molar-refractivity contribution in [2.24, 2.45) is 7.05 Å². The lowest BCUT2D eigenvalue weighted by atomic mass is 9.89. The zero-order valence-electron chi connectivity index (χ0n) is 19.3. The smallest absolute Gasteiger partial charge is 0.262 e. The van der Waals surface area contributed by atoms with Crippen LogP contribution in [-0.2, 0) is 20.0 Å². The van der Waals surface area contributed by atoms with Crippen LogP contribution in [0.2, 0.25) is 0 Å². The van der Waals surface area contributed by atoms with E-state index in [4.69, 9.17) is 12.2 Å². The molecule has 0 radical (unpaired) electrons. The number of hydrogen-bond acceptors (Lipinski definition) is 4. The Kier molecular flexibility index (Phi) is 6.40. The average molecular weight is 458 g/mol. The maximum atomic E-state index is 13.7. The van der Waals surface area contributed by atoms with Crippen molar-refractivity contribution >= 4 is 28.9 Å². The molecule has 0 spiro atoms. The van der Waals surface area contributed by atoms with Gasteiger partial charge in [0.05, 0.1) is 10.9 Å². The summed E-state index contributed by atoms with van der Waals surface area (Å²) in [5, 5.41) is 0.565. The number of aromatic amines is 1. The van der Waals surface area contributed by atoms with Crippen molar-refractivity contribution in [1.82, 2.24) is 14.5 Å². The van der Waals surface area contributed by atoms with Gasteiger partial charge in [-0.3, -0.25) is 14.2 Å². The van der Waals surface area contributed by atoms with Gasteiger partial charge in [-0.05, 0) is 68.0 Å². The van der Waals surface area contributed by atoms with E-state index in [-0.39, 0.29) is 11.3 Å². The zero-order chi connectivity index (χ0) is 23.7. The van der Waals surface area contributed by atoms with Crippen molar-refractivity contribution in [3.63, 3.8) is 0 Å². The minimum Gasteiger partial charge on any atom is -0.332 e. The normalized spacial score (nSPS) is 11.3. The molecule has 33 heavy (non-hydrogen) atoms. The number of aromatic nitrogens is 2. The first-order chi connectivity index (χ1) is 15.8. The molecule has 0 unspecified atom stereocenters. The first-order valence-corrected chi connectivity index (χ1v) is 11.2. The molecule has 5 nitrogen and oxygen atoms in total. The van der Waals surface area contributed by atoms with Crippen molar-refractivity contribution in [3.8, 4) is 0 Å². The topological polar surface area (TPSA) is 58.1 Å². The largest absolute Gasteiger partial charge is 0.332 e. The van der Waals surface area contributed by atoms with E-state index in [0.717, 1.165) is 28.8 Å². The number of H-pyrrole nitrogens is 1. The van der Waals surface area contributed by atoms with E-state index in [1.807, 2.05) is 75.6 Å². The van der Waals surface area contributed by atoms with Crippen molar-refractivity contribution in [3.05, 3.63) is 109 Å². The highest BCUT2D eigenvalue weighted by Gasteiger charge is 2.20. The molecular formula is C27H27N3O2S. The van der Waals surface area contributed by atoms with Crippen LogP contribution in [0.25, 0.3) is 10.9 Å². The Morgan fingerprint density at radius 1 is 1.03 bits per heavy atom. The van der Waals surface area contributed by atoms with Gasteiger partial charge in [-0.1, -0.05) is 54.6 Å². The minimum absolute atomic E-state index is 0.0673. The maximum absolute atomic E-state index is 13.7. The Morgan fingerprint density at radius 3 is 2.33 bits per heavy atom. The molecule has 0 aliphatic heterocycles. The first kappa shape index (κ1) is 22.8. The van der Waals surface area contributed by atoms with Gasteiger partial charge in [-0.2, -0.15) is 0 Å². The second-order valence-corrected chi connectivity index (χ2v) is 9.06. The molecule has 168 valence electrons.